The van der Waals surface area contributed by atoms with E-state index in [0.29, 0.717) is 13.1 Å². The Bertz CT molecular complexity index is 683. The van der Waals surface area contributed by atoms with Gasteiger partial charge in [-0.25, -0.2) is 13.1 Å². The maximum Gasteiger partial charge on any atom is 0.216 e. The Kier molecular flexibility index (Phi) is 36.7. The molecule has 13 heteroatoms. The summed E-state index contributed by atoms with van der Waals surface area (Å²) < 4.78 is 23.1. The third-order valence-corrected chi connectivity index (χ3v) is 3.92. The maximum absolute atomic E-state index is 10.5. The van der Waals surface area contributed by atoms with Crippen molar-refractivity contribution in [2.24, 2.45) is 0 Å². The van der Waals surface area contributed by atoms with Gasteiger partial charge in [-0.1, -0.05) is 20.6 Å². The molecule has 0 aliphatic carbocycles. The largest absolute Gasteiger partial charge is 0.392 e. The molecule has 36 heavy (non-hydrogen) atoms. The van der Waals surface area contributed by atoms with Crippen molar-refractivity contribution in [1.82, 2.24) is 36.6 Å². The summed E-state index contributed by atoms with van der Waals surface area (Å²) in [6.07, 6.45) is 2.07. The second-order valence-electron chi connectivity index (χ2n) is 7.31. The number of amides is 3. The van der Waals surface area contributed by atoms with E-state index in [1.165, 1.54) is 20.8 Å². The molecule has 0 bridgehead atoms. The molecule has 0 aliphatic heterocycles. The molecular formula is C23H53N7O5S. The summed E-state index contributed by atoms with van der Waals surface area (Å²) in [5.74, 6) is -0.116. The number of carbonyl (C=O) groups is 3. The summed E-state index contributed by atoms with van der Waals surface area (Å²) in [6.45, 7) is 19.1. The molecule has 0 saturated heterocycles. The van der Waals surface area contributed by atoms with Crippen LogP contribution < -0.4 is 36.6 Å². The molecule has 0 unspecified atom stereocenters. The lowest BCUT2D eigenvalue weighted by Crippen LogP contribution is -2.32. The van der Waals surface area contributed by atoms with Gasteiger partial charge in [0.15, 0.2) is 0 Å². The van der Waals surface area contributed by atoms with E-state index in [4.69, 9.17) is 0 Å². The highest BCUT2D eigenvalue weighted by Crippen LogP contribution is 1.74. The summed E-state index contributed by atoms with van der Waals surface area (Å²) >= 11 is 0. The first kappa shape index (κ1) is 43.4. The molecule has 0 aromatic rings. The van der Waals surface area contributed by atoms with Crippen LogP contribution in [-0.2, 0) is 24.4 Å². The predicted molar refractivity (Wildman–Crippen MR) is 151 cm³/mol. The molecule has 216 valence electrons. The molecule has 0 spiro atoms. The number of carbonyl (C=O) groups excluding carboxylic acids is 3. The van der Waals surface area contributed by atoms with Crippen LogP contribution in [0.2, 0.25) is 0 Å². The fourth-order valence-corrected chi connectivity index (χ4v) is 1.99. The van der Waals surface area contributed by atoms with E-state index >= 15 is 0 Å². The normalized spacial score (nSPS) is 9.00. The van der Waals surface area contributed by atoms with Crippen molar-refractivity contribution in [3.05, 3.63) is 24.6 Å². The number of hydrogen-bond donors (Lipinski definition) is 7. The summed E-state index contributed by atoms with van der Waals surface area (Å²) in [5.41, 5.74) is 1.93. The van der Waals surface area contributed by atoms with Crippen LogP contribution in [0.25, 0.3) is 0 Å². The SMILES string of the molecule is C.C=C(C)NC.C=C(C)NCCNC(C)=O.CC(=O)NCCNS(C)(=O)=O.CNCCCNC(C)=O. The summed E-state index contributed by atoms with van der Waals surface area (Å²) in [5, 5.41) is 16.6. The van der Waals surface area contributed by atoms with Gasteiger partial charge in [-0.05, 0) is 39.6 Å². The number of rotatable bonds is 13. The molecule has 12 nitrogen and oxygen atoms in total. The third-order valence-electron chi connectivity index (χ3n) is 3.19. The first-order chi connectivity index (χ1) is 16.1. The van der Waals surface area contributed by atoms with Gasteiger partial charge in [0.2, 0.25) is 27.7 Å². The van der Waals surface area contributed by atoms with Gasteiger partial charge in [-0.2, -0.15) is 0 Å². The molecule has 0 rings (SSSR count). The van der Waals surface area contributed by atoms with Crippen molar-refractivity contribution in [2.75, 3.05) is 59.6 Å². The average molecular weight is 540 g/mol. The summed E-state index contributed by atoms with van der Waals surface area (Å²) in [4.78, 5) is 30.9. The van der Waals surface area contributed by atoms with Crippen LogP contribution in [-0.4, -0.2) is 85.8 Å². The van der Waals surface area contributed by atoms with Gasteiger partial charge in [0.05, 0.1) is 6.26 Å². The molecule has 0 fully saturated rings. The van der Waals surface area contributed by atoms with E-state index in [9.17, 15) is 22.8 Å². The Morgan fingerprint density at radius 1 is 0.639 bits per heavy atom. The predicted octanol–water partition coefficient (Wildman–Crippen LogP) is 0.0249. The maximum atomic E-state index is 10.5. The van der Waals surface area contributed by atoms with Crippen LogP contribution in [0.1, 0.15) is 48.5 Å². The molecule has 0 atom stereocenters. The topological polar surface area (TPSA) is 170 Å². The van der Waals surface area contributed by atoms with Gasteiger partial charge in [0, 0.05) is 66.2 Å². The van der Waals surface area contributed by atoms with Crippen molar-refractivity contribution < 1.29 is 22.8 Å². The second kappa shape index (κ2) is 30.4. The Morgan fingerprint density at radius 3 is 1.31 bits per heavy atom. The van der Waals surface area contributed by atoms with Crippen molar-refractivity contribution >= 4 is 27.7 Å². The van der Waals surface area contributed by atoms with Crippen LogP contribution in [0.15, 0.2) is 24.6 Å². The molecule has 0 radical (unpaired) electrons. The van der Waals surface area contributed by atoms with Gasteiger partial charge in [-0.15, -0.1) is 0 Å². The first-order valence-corrected chi connectivity index (χ1v) is 13.0. The Labute approximate surface area is 220 Å². The molecule has 7 N–H and O–H groups in total. The number of nitrogens with one attached hydrogen (secondary N) is 7. The average Bonchev–Trinajstić information content (AvgIpc) is 2.72. The number of sulfonamides is 1. The molecule has 3 amide bonds. The molecule has 0 aliphatic rings. The molecule has 0 aromatic heterocycles. The van der Waals surface area contributed by atoms with Crippen LogP contribution >= 0.6 is 0 Å². The van der Waals surface area contributed by atoms with Crippen LogP contribution in [0.4, 0.5) is 0 Å². The quantitative estimate of drug-likeness (QED) is 0.161. The van der Waals surface area contributed by atoms with E-state index in [1.54, 1.807) is 0 Å². The highest BCUT2D eigenvalue weighted by molar-refractivity contribution is 7.88. The summed E-state index contributed by atoms with van der Waals surface area (Å²) in [7, 11) is 0.623. The van der Waals surface area contributed by atoms with Crippen LogP contribution in [0.5, 0.6) is 0 Å². The van der Waals surface area contributed by atoms with Crippen LogP contribution in [0, 0.1) is 0 Å². The van der Waals surface area contributed by atoms with Gasteiger partial charge in [-0.3, -0.25) is 14.4 Å². The molecular weight excluding hydrogens is 486 g/mol. The second-order valence-corrected chi connectivity index (χ2v) is 9.14. The number of hydrogen-bond acceptors (Lipinski definition) is 8. The fraction of sp³-hybridized carbons (Fsp3) is 0.696. The molecule has 0 saturated carbocycles. The highest BCUT2D eigenvalue weighted by atomic mass is 32.2. The lowest BCUT2D eigenvalue weighted by molar-refractivity contribution is -0.119. The van der Waals surface area contributed by atoms with E-state index in [2.05, 4.69) is 49.8 Å². The van der Waals surface area contributed by atoms with E-state index in [1.807, 2.05) is 27.9 Å². The van der Waals surface area contributed by atoms with E-state index in [0.717, 1.165) is 43.7 Å². The zero-order valence-corrected chi connectivity index (χ0v) is 23.6. The highest BCUT2D eigenvalue weighted by Gasteiger charge is 1.98. The monoisotopic (exact) mass is 539 g/mol. The third kappa shape index (κ3) is 69.7. The van der Waals surface area contributed by atoms with Crippen molar-refractivity contribution in [2.45, 2.75) is 48.5 Å². The minimum Gasteiger partial charge on any atom is -0.392 e. The standard InChI is InChI=1S/C7H14N2O.C6H14N2O.C5H12N2O3S.C4H9N.CH4/c1-6(2)8-4-5-9-7(3)10;1-6(9)8-5-3-4-7-2;1-5(8)6-3-4-7-11(2,9)10;1-4(2)5-3;/h8H,1,4-5H2,2-3H3,(H,9,10);7H,3-5H2,1-2H3,(H,8,9);7H,3-4H2,1-2H3,(H,6,8);5H,1H2,2-3H3;1H4. The van der Waals surface area contributed by atoms with Gasteiger partial charge < -0.3 is 31.9 Å². The number of allylic oxidation sites excluding steroid dienone is 2. The summed E-state index contributed by atoms with van der Waals surface area (Å²) in [6, 6.07) is 0. The molecule has 0 aromatic carbocycles. The van der Waals surface area contributed by atoms with Gasteiger partial charge in [0.25, 0.3) is 0 Å². The van der Waals surface area contributed by atoms with Crippen molar-refractivity contribution in [1.29, 1.82) is 0 Å². The fourth-order valence-electron chi connectivity index (χ4n) is 1.52. The van der Waals surface area contributed by atoms with Crippen molar-refractivity contribution in [3.63, 3.8) is 0 Å². The van der Waals surface area contributed by atoms with Gasteiger partial charge in [0.1, 0.15) is 0 Å². The minimum atomic E-state index is -3.12. The Morgan fingerprint density at radius 2 is 1.00 bits per heavy atom. The zero-order valence-electron chi connectivity index (χ0n) is 22.8. The van der Waals surface area contributed by atoms with E-state index in [-0.39, 0.29) is 31.7 Å². The Hall–Kier alpha value is -2.64. The first-order valence-electron chi connectivity index (χ1n) is 11.1. The smallest absolute Gasteiger partial charge is 0.216 e. The Balaban J connectivity index is -0.000000121. The van der Waals surface area contributed by atoms with Crippen LogP contribution in [0.3, 0.4) is 0 Å². The minimum absolute atomic E-state index is 0. The zero-order chi connectivity index (χ0) is 28.3. The van der Waals surface area contributed by atoms with Crippen molar-refractivity contribution in [3.8, 4) is 0 Å². The molecule has 0 heterocycles. The lowest BCUT2D eigenvalue weighted by Gasteiger charge is -2.04. The lowest BCUT2D eigenvalue weighted by atomic mass is 10.4. The van der Waals surface area contributed by atoms with E-state index < -0.39 is 10.0 Å². The van der Waals surface area contributed by atoms with Gasteiger partial charge >= 0.3 is 0 Å².